The van der Waals surface area contributed by atoms with Gasteiger partial charge in [-0.2, -0.15) is 0 Å². The highest BCUT2D eigenvalue weighted by molar-refractivity contribution is 7.90. The molecule has 0 radical (unpaired) electrons. The minimum absolute atomic E-state index is 0.428. The van der Waals surface area contributed by atoms with Crippen molar-refractivity contribution in [1.29, 1.82) is 0 Å². The molecule has 0 aliphatic carbocycles. The standard InChI is InChI=1S/C12H18O2S/c1-8(2)11-6-7-12(15(5,13)14)10(4)9(11)3/h6-8H,1-5H3. The van der Waals surface area contributed by atoms with Gasteiger partial charge in [0, 0.05) is 6.26 Å². The topological polar surface area (TPSA) is 34.1 Å². The lowest BCUT2D eigenvalue weighted by Crippen LogP contribution is -2.04. The number of hydrogen-bond donors (Lipinski definition) is 0. The zero-order chi connectivity index (χ0) is 11.8. The minimum atomic E-state index is -3.10. The van der Waals surface area contributed by atoms with Crippen LogP contribution in [0.15, 0.2) is 17.0 Å². The van der Waals surface area contributed by atoms with E-state index < -0.39 is 9.84 Å². The summed E-state index contributed by atoms with van der Waals surface area (Å²) in [6, 6.07) is 3.64. The summed E-state index contributed by atoms with van der Waals surface area (Å²) in [5, 5.41) is 0. The van der Waals surface area contributed by atoms with Gasteiger partial charge in [0.2, 0.25) is 0 Å². The van der Waals surface area contributed by atoms with E-state index in [0.717, 1.165) is 11.1 Å². The maximum absolute atomic E-state index is 11.5. The SMILES string of the molecule is Cc1c(C(C)C)ccc(S(C)(=O)=O)c1C. The lowest BCUT2D eigenvalue weighted by Gasteiger charge is -2.14. The second-order valence-corrected chi connectivity index (χ2v) is 6.31. The molecule has 3 heteroatoms. The highest BCUT2D eigenvalue weighted by Gasteiger charge is 2.15. The molecule has 0 N–H and O–H groups in total. The van der Waals surface area contributed by atoms with E-state index in [2.05, 4.69) is 13.8 Å². The molecule has 15 heavy (non-hydrogen) atoms. The third kappa shape index (κ3) is 2.40. The van der Waals surface area contributed by atoms with E-state index >= 15 is 0 Å². The molecule has 0 aliphatic heterocycles. The second kappa shape index (κ2) is 3.97. The molecule has 2 nitrogen and oxygen atoms in total. The fourth-order valence-corrected chi connectivity index (χ4v) is 2.87. The van der Waals surface area contributed by atoms with Gasteiger partial charge in [0.15, 0.2) is 9.84 Å². The van der Waals surface area contributed by atoms with E-state index in [1.807, 2.05) is 19.9 Å². The van der Waals surface area contributed by atoms with Crippen LogP contribution in [-0.2, 0) is 9.84 Å². The van der Waals surface area contributed by atoms with Crippen molar-refractivity contribution in [3.8, 4) is 0 Å². The summed E-state index contributed by atoms with van der Waals surface area (Å²) >= 11 is 0. The van der Waals surface area contributed by atoms with Gasteiger partial charge in [0.25, 0.3) is 0 Å². The van der Waals surface area contributed by atoms with Gasteiger partial charge in [-0.1, -0.05) is 19.9 Å². The second-order valence-electron chi connectivity index (χ2n) is 4.33. The number of sulfone groups is 1. The first-order valence-electron chi connectivity index (χ1n) is 5.05. The maximum Gasteiger partial charge on any atom is 0.175 e. The Kier molecular flexibility index (Phi) is 3.24. The van der Waals surface area contributed by atoms with Crippen LogP contribution in [0.5, 0.6) is 0 Å². The molecule has 0 aliphatic rings. The van der Waals surface area contributed by atoms with Gasteiger partial charge < -0.3 is 0 Å². The largest absolute Gasteiger partial charge is 0.224 e. The van der Waals surface area contributed by atoms with E-state index in [1.165, 1.54) is 11.8 Å². The van der Waals surface area contributed by atoms with Crippen molar-refractivity contribution in [2.45, 2.75) is 38.5 Å². The van der Waals surface area contributed by atoms with Crippen LogP contribution in [0, 0.1) is 13.8 Å². The third-order valence-corrected chi connectivity index (χ3v) is 4.04. The predicted molar refractivity (Wildman–Crippen MR) is 63.1 cm³/mol. The quantitative estimate of drug-likeness (QED) is 0.777. The van der Waals surface area contributed by atoms with Crippen molar-refractivity contribution < 1.29 is 8.42 Å². The summed E-state index contributed by atoms with van der Waals surface area (Å²) in [6.07, 6.45) is 1.25. The van der Waals surface area contributed by atoms with Crippen LogP contribution in [0.4, 0.5) is 0 Å². The van der Waals surface area contributed by atoms with E-state index in [4.69, 9.17) is 0 Å². The Balaban J connectivity index is 3.48. The Labute approximate surface area is 92.2 Å². The van der Waals surface area contributed by atoms with Crippen molar-refractivity contribution in [2.75, 3.05) is 6.26 Å². The zero-order valence-electron chi connectivity index (χ0n) is 9.96. The van der Waals surface area contributed by atoms with Gasteiger partial charge in [0.1, 0.15) is 0 Å². The molecule has 0 saturated carbocycles. The van der Waals surface area contributed by atoms with E-state index in [9.17, 15) is 8.42 Å². The van der Waals surface area contributed by atoms with Gasteiger partial charge in [0.05, 0.1) is 4.90 Å². The summed E-state index contributed by atoms with van der Waals surface area (Å²) in [5.74, 6) is 0.428. The molecule has 0 heterocycles. The van der Waals surface area contributed by atoms with Crippen molar-refractivity contribution in [2.24, 2.45) is 0 Å². The summed E-state index contributed by atoms with van der Waals surface area (Å²) in [4.78, 5) is 0.449. The van der Waals surface area contributed by atoms with Gasteiger partial charge in [-0.05, 0) is 42.5 Å². The molecule has 0 fully saturated rings. The van der Waals surface area contributed by atoms with Crippen LogP contribution < -0.4 is 0 Å². The molecule has 1 rings (SSSR count). The zero-order valence-corrected chi connectivity index (χ0v) is 10.8. The van der Waals surface area contributed by atoms with Crippen molar-refractivity contribution >= 4 is 9.84 Å². The van der Waals surface area contributed by atoms with Crippen molar-refractivity contribution in [3.05, 3.63) is 28.8 Å². The molecule has 0 spiro atoms. The van der Waals surface area contributed by atoms with Crippen LogP contribution in [0.1, 0.15) is 36.5 Å². The smallest absolute Gasteiger partial charge is 0.175 e. The predicted octanol–water partition coefficient (Wildman–Crippen LogP) is 2.83. The van der Waals surface area contributed by atoms with Crippen LogP contribution in [0.25, 0.3) is 0 Å². The number of rotatable bonds is 2. The molecule has 1 aromatic carbocycles. The minimum Gasteiger partial charge on any atom is -0.224 e. The van der Waals surface area contributed by atoms with Gasteiger partial charge in [-0.25, -0.2) is 8.42 Å². The first-order valence-corrected chi connectivity index (χ1v) is 6.94. The molecule has 0 bridgehead atoms. The first kappa shape index (κ1) is 12.2. The molecule has 0 saturated heterocycles. The van der Waals surface area contributed by atoms with Crippen molar-refractivity contribution in [3.63, 3.8) is 0 Å². The van der Waals surface area contributed by atoms with Crippen LogP contribution >= 0.6 is 0 Å². The summed E-state index contributed by atoms with van der Waals surface area (Å²) in [7, 11) is -3.10. The normalized spacial score (nSPS) is 12.1. The van der Waals surface area contributed by atoms with Gasteiger partial charge in [-0.3, -0.25) is 0 Å². The molecule has 0 aromatic heterocycles. The third-order valence-electron chi connectivity index (χ3n) is 2.80. The Morgan fingerprint density at radius 1 is 1.07 bits per heavy atom. The Morgan fingerprint density at radius 3 is 2.00 bits per heavy atom. The Bertz CT molecular complexity index is 471. The summed E-state index contributed by atoms with van der Waals surface area (Å²) in [5.41, 5.74) is 3.19. The highest BCUT2D eigenvalue weighted by Crippen LogP contribution is 2.26. The van der Waals surface area contributed by atoms with Gasteiger partial charge >= 0.3 is 0 Å². The van der Waals surface area contributed by atoms with E-state index in [1.54, 1.807) is 6.07 Å². The average Bonchev–Trinajstić information content (AvgIpc) is 2.06. The molecule has 0 unspecified atom stereocenters. The highest BCUT2D eigenvalue weighted by atomic mass is 32.2. The van der Waals surface area contributed by atoms with E-state index in [-0.39, 0.29) is 0 Å². The van der Waals surface area contributed by atoms with Gasteiger partial charge in [-0.15, -0.1) is 0 Å². The van der Waals surface area contributed by atoms with Crippen LogP contribution in [0.2, 0.25) is 0 Å². The fourth-order valence-electron chi connectivity index (χ4n) is 1.84. The lowest BCUT2D eigenvalue weighted by molar-refractivity contribution is 0.601. The molecule has 0 amide bonds. The molecular formula is C12H18O2S. The number of hydrogen-bond acceptors (Lipinski definition) is 2. The molecular weight excluding hydrogens is 208 g/mol. The monoisotopic (exact) mass is 226 g/mol. The molecule has 1 aromatic rings. The Hall–Kier alpha value is -0.830. The van der Waals surface area contributed by atoms with Crippen LogP contribution in [0.3, 0.4) is 0 Å². The van der Waals surface area contributed by atoms with Crippen LogP contribution in [-0.4, -0.2) is 14.7 Å². The fraction of sp³-hybridized carbons (Fsp3) is 0.500. The lowest BCUT2D eigenvalue weighted by atomic mass is 9.95. The summed E-state index contributed by atoms with van der Waals surface area (Å²) < 4.78 is 23.0. The number of benzene rings is 1. The Morgan fingerprint density at radius 2 is 1.60 bits per heavy atom. The average molecular weight is 226 g/mol. The molecule has 0 atom stereocenters. The maximum atomic E-state index is 11.5. The van der Waals surface area contributed by atoms with Crippen molar-refractivity contribution in [1.82, 2.24) is 0 Å². The first-order chi connectivity index (χ1) is 6.75. The van der Waals surface area contributed by atoms with E-state index in [0.29, 0.717) is 10.8 Å². The molecule has 84 valence electrons. The summed E-state index contributed by atoms with van der Waals surface area (Å²) in [6.45, 7) is 8.08.